The maximum absolute atomic E-state index is 5.49. The first kappa shape index (κ1) is 13.2. The minimum atomic E-state index is 0.631. The summed E-state index contributed by atoms with van der Waals surface area (Å²) >= 11 is 0. The lowest BCUT2D eigenvalue weighted by Crippen LogP contribution is -2.21. The zero-order valence-electron chi connectivity index (χ0n) is 11.5. The fourth-order valence-corrected chi connectivity index (χ4v) is 2.03. The van der Waals surface area contributed by atoms with E-state index in [0.717, 1.165) is 55.4 Å². The third-order valence-corrected chi connectivity index (χ3v) is 3.00. The van der Waals surface area contributed by atoms with Crippen molar-refractivity contribution in [2.75, 3.05) is 39.1 Å². The number of likely N-dealkylation sites (N-methyl/N-ethyl adjacent to an activating group) is 1. The van der Waals surface area contributed by atoms with Gasteiger partial charge in [0.05, 0.1) is 18.9 Å². The molecule has 0 saturated heterocycles. The predicted octanol–water partition coefficient (Wildman–Crippen LogP) is 1.09. The van der Waals surface area contributed by atoms with E-state index in [1.165, 1.54) is 0 Å². The Kier molecular flexibility index (Phi) is 4.49. The third kappa shape index (κ3) is 3.17. The van der Waals surface area contributed by atoms with Gasteiger partial charge < -0.3 is 15.0 Å². The van der Waals surface area contributed by atoms with Crippen LogP contribution in [0.1, 0.15) is 24.0 Å². The second kappa shape index (κ2) is 6.11. The fraction of sp³-hybridized carbons (Fsp3) is 0.692. The van der Waals surface area contributed by atoms with E-state index >= 15 is 0 Å². The van der Waals surface area contributed by atoms with Gasteiger partial charge in [-0.25, -0.2) is 9.97 Å². The molecular weight excluding hydrogens is 228 g/mol. The van der Waals surface area contributed by atoms with Crippen molar-refractivity contribution in [1.82, 2.24) is 14.9 Å². The van der Waals surface area contributed by atoms with Gasteiger partial charge in [-0.3, -0.25) is 0 Å². The van der Waals surface area contributed by atoms with E-state index in [2.05, 4.69) is 41.2 Å². The number of hydrogen-bond acceptors (Lipinski definition) is 5. The van der Waals surface area contributed by atoms with Crippen molar-refractivity contribution in [1.29, 1.82) is 0 Å². The van der Waals surface area contributed by atoms with Crippen LogP contribution in [0.3, 0.4) is 0 Å². The molecule has 5 heteroatoms. The maximum Gasteiger partial charge on any atom is 0.135 e. The molecular formula is C13H22N4O. The Hall–Kier alpha value is -1.20. The lowest BCUT2D eigenvalue weighted by Gasteiger charge is -2.20. The van der Waals surface area contributed by atoms with Crippen LogP contribution in [0.5, 0.6) is 0 Å². The van der Waals surface area contributed by atoms with Gasteiger partial charge >= 0.3 is 0 Å². The van der Waals surface area contributed by atoms with Crippen molar-refractivity contribution in [2.24, 2.45) is 0 Å². The Morgan fingerprint density at radius 1 is 1.33 bits per heavy atom. The van der Waals surface area contributed by atoms with Crippen LogP contribution >= 0.6 is 0 Å². The summed E-state index contributed by atoms with van der Waals surface area (Å²) in [5, 5.41) is 3.32. The van der Waals surface area contributed by atoms with Gasteiger partial charge in [0.1, 0.15) is 11.6 Å². The molecule has 1 aliphatic heterocycles. The van der Waals surface area contributed by atoms with Crippen LogP contribution in [-0.4, -0.2) is 48.7 Å². The number of anilines is 1. The van der Waals surface area contributed by atoms with E-state index < -0.39 is 0 Å². The molecule has 0 amide bonds. The molecule has 0 fully saturated rings. The van der Waals surface area contributed by atoms with Crippen LogP contribution in [0.25, 0.3) is 0 Å². The Bertz CT molecular complexity index is 406. The van der Waals surface area contributed by atoms with Gasteiger partial charge in [-0.05, 0) is 21.0 Å². The Balaban J connectivity index is 2.23. The summed E-state index contributed by atoms with van der Waals surface area (Å²) in [6.45, 7) is 5.32. The molecule has 0 spiro atoms. The van der Waals surface area contributed by atoms with Crippen LogP contribution < -0.4 is 5.32 Å². The fourth-order valence-electron chi connectivity index (χ4n) is 2.03. The van der Waals surface area contributed by atoms with E-state index in [-0.39, 0.29) is 0 Å². The second-order valence-corrected chi connectivity index (χ2v) is 4.80. The lowest BCUT2D eigenvalue weighted by molar-refractivity contribution is 0.109. The van der Waals surface area contributed by atoms with Gasteiger partial charge in [0.15, 0.2) is 0 Å². The molecule has 2 heterocycles. The van der Waals surface area contributed by atoms with E-state index in [0.29, 0.717) is 6.61 Å². The van der Waals surface area contributed by atoms with Gasteiger partial charge in [-0.2, -0.15) is 0 Å². The summed E-state index contributed by atoms with van der Waals surface area (Å²) < 4.78 is 5.49. The number of nitrogens with one attached hydrogen (secondary N) is 1. The number of ether oxygens (including phenoxy) is 1. The predicted molar refractivity (Wildman–Crippen MR) is 71.8 cm³/mol. The van der Waals surface area contributed by atoms with E-state index in [4.69, 9.17) is 4.74 Å². The van der Waals surface area contributed by atoms with Crippen molar-refractivity contribution >= 4 is 5.82 Å². The number of aromatic nitrogens is 2. The summed E-state index contributed by atoms with van der Waals surface area (Å²) in [6.07, 6.45) is 1.78. The van der Waals surface area contributed by atoms with Crippen LogP contribution in [0.4, 0.5) is 5.82 Å². The van der Waals surface area contributed by atoms with E-state index in [9.17, 15) is 0 Å². The first-order valence-electron chi connectivity index (χ1n) is 6.55. The van der Waals surface area contributed by atoms with E-state index in [1.807, 2.05) is 0 Å². The molecule has 0 aliphatic carbocycles. The minimum Gasteiger partial charge on any atom is -0.376 e. The second-order valence-electron chi connectivity index (χ2n) is 4.80. The molecule has 2 rings (SSSR count). The Labute approximate surface area is 109 Å². The highest BCUT2D eigenvalue weighted by molar-refractivity contribution is 5.47. The van der Waals surface area contributed by atoms with Gasteiger partial charge in [-0.1, -0.05) is 0 Å². The first-order valence-corrected chi connectivity index (χ1v) is 6.55. The molecule has 0 aromatic carbocycles. The van der Waals surface area contributed by atoms with Crippen molar-refractivity contribution in [2.45, 2.75) is 26.4 Å². The molecule has 0 atom stereocenters. The van der Waals surface area contributed by atoms with Gasteiger partial charge in [-0.15, -0.1) is 0 Å². The molecule has 1 aromatic heterocycles. The van der Waals surface area contributed by atoms with Crippen molar-refractivity contribution in [3.8, 4) is 0 Å². The highest BCUT2D eigenvalue weighted by Gasteiger charge is 2.17. The molecule has 1 aliphatic rings. The van der Waals surface area contributed by atoms with Crippen LogP contribution in [0.2, 0.25) is 0 Å². The summed E-state index contributed by atoms with van der Waals surface area (Å²) in [6, 6.07) is 0. The molecule has 0 unspecified atom stereocenters. The minimum absolute atomic E-state index is 0.631. The monoisotopic (exact) mass is 250 g/mol. The lowest BCUT2D eigenvalue weighted by atomic mass is 10.1. The zero-order valence-corrected chi connectivity index (χ0v) is 11.5. The number of nitrogens with zero attached hydrogens (tertiary/aromatic N) is 3. The maximum atomic E-state index is 5.49. The molecule has 0 bridgehead atoms. The highest BCUT2D eigenvalue weighted by atomic mass is 16.5. The molecule has 0 saturated carbocycles. The average Bonchev–Trinajstić information content (AvgIpc) is 2.37. The van der Waals surface area contributed by atoms with Crippen molar-refractivity contribution in [3.05, 3.63) is 17.1 Å². The standard InChI is InChI=1S/C13H22N4O/c1-4-14-13-10-9-18-8-6-11(10)15-12(16-13)5-7-17(2)3/h4-9H2,1-3H3,(H,14,15,16). The number of fused-ring (bicyclic) bond motifs is 1. The number of rotatable bonds is 5. The Morgan fingerprint density at radius 3 is 2.89 bits per heavy atom. The van der Waals surface area contributed by atoms with Crippen molar-refractivity contribution < 1.29 is 4.74 Å². The Morgan fingerprint density at radius 2 is 2.17 bits per heavy atom. The SMILES string of the molecule is CCNc1nc(CCN(C)C)nc2c1COCC2. The van der Waals surface area contributed by atoms with Crippen LogP contribution in [0.15, 0.2) is 0 Å². The third-order valence-electron chi connectivity index (χ3n) is 3.00. The molecule has 1 N–H and O–H groups in total. The van der Waals surface area contributed by atoms with E-state index in [1.54, 1.807) is 0 Å². The average molecular weight is 250 g/mol. The van der Waals surface area contributed by atoms with Gasteiger partial charge in [0.25, 0.3) is 0 Å². The van der Waals surface area contributed by atoms with Crippen LogP contribution in [-0.2, 0) is 24.2 Å². The molecule has 18 heavy (non-hydrogen) atoms. The summed E-state index contributed by atoms with van der Waals surface area (Å²) in [7, 11) is 4.13. The zero-order chi connectivity index (χ0) is 13.0. The molecule has 1 aromatic rings. The number of hydrogen-bond donors (Lipinski definition) is 1. The normalized spacial score (nSPS) is 14.7. The van der Waals surface area contributed by atoms with Gasteiger partial charge in [0.2, 0.25) is 0 Å². The summed E-state index contributed by atoms with van der Waals surface area (Å²) in [5.74, 6) is 1.89. The highest BCUT2D eigenvalue weighted by Crippen LogP contribution is 2.22. The molecule has 5 nitrogen and oxygen atoms in total. The summed E-state index contributed by atoms with van der Waals surface area (Å²) in [4.78, 5) is 11.4. The van der Waals surface area contributed by atoms with Gasteiger partial charge in [0, 0.05) is 31.5 Å². The van der Waals surface area contributed by atoms with Crippen LogP contribution in [0, 0.1) is 0 Å². The molecule has 0 radical (unpaired) electrons. The molecule has 100 valence electrons. The van der Waals surface area contributed by atoms with Crippen molar-refractivity contribution in [3.63, 3.8) is 0 Å². The summed E-state index contributed by atoms with van der Waals surface area (Å²) in [5.41, 5.74) is 2.29. The first-order chi connectivity index (χ1) is 8.70. The quantitative estimate of drug-likeness (QED) is 0.847. The largest absolute Gasteiger partial charge is 0.376 e. The smallest absolute Gasteiger partial charge is 0.135 e. The topological polar surface area (TPSA) is 50.3 Å².